The van der Waals surface area contributed by atoms with Crippen LogP contribution in [0.5, 0.6) is 0 Å². The maximum atomic E-state index is 13.8. The van der Waals surface area contributed by atoms with Crippen molar-refractivity contribution < 1.29 is 9.50 Å². The Morgan fingerprint density at radius 2 is 1.69 bits per heavy atom. The van der Waals surface area contributed by atoms with Gasteiger partial charge in [-0.05, 0) is 42.9 Å². The monoisotopic (exact) mass is 224 g/mol. The summed E-state index contributed by atoms with van der Waals surface area (Å²) in [6.07, 6.45) is -0.722. The normalized spacial score (nSPS) is 15.2. The minimum atomic E-state index is -0.722. The number of aliphatic hydroxyl groups is 1. The summed E-state index contributed by atoms with van der Waals surface area (Å²) in [7, 11) is 0. The Bertz CT molecular complexity index is 348. The fourth-order valence-corrected chi connectivity index (χ4v) is 1.93. The molecule has 16 heavy (non-hydrogen) atoms. The second-order valence-corrected chi connectivity index (χ2v) is 5.03. The van der Waals surface area contributed by atoms with Crippen LogP contribution >= 0.6 is 0 Å². The molecule has 0 saturated heterocycles. The van der Waals surface area contributed by atoms with Crippen LogP contribution in [0.25, 0.3) is 0 Å². The van der Waals surface area contributed by atoms with E-state index in [4.69, 9.17) is 0 Å². The van der Waals surface area contributed by atoms with Crippen LogP contribution in [0.4, 0.5) is 4.39 Å². The average Bonchev–Trinajstić information content (AvgIpc) is 2.14. The maximum Gasteiger partial charge on any atom is 0.129 e. The molecule has 1 aromatic rings. The predicted octanol–water partition coefficient (Wildman–Crippen LogP) is 3.77. The summed E-state index contributed by atoms with van der Waals surface area (Å²) in [6.45, 7) is 9.73. The summed E-state index contributed by atoms with van der Waals surface area (Å²) in [5.74, 6) is 0.0866. The fraction of sp³-hybridized carbons (Fsp3) is 0.571. The van der Waals surface area contributed by atoms with Gasteiger partial charge >= 0.3 is 0 Å². The van der Waals surface area contributed by atoms with Gasteiger partial charge < -0.3 is 5.11 Å². The van der Waals surface area contributed by atoms with Crippen LogP contribution in [-0.4, -0.2) is 5.11 Å². The van der Waals surface area contributed by atoms with E-state index in [1.165, 1.54) is 6.07 Å². The molecule has 0 aromatic heterocycles. The number of benzene rings is 1. The molecule has 0 heterocycles. The van der Waals surface area contributed by atoms with E-state index in [0.29, 0.717) is 11.5 Å². The minimum Gasteiger partial charge on any atom is -0.388 e. The van der Waals surface area contributed by atoms with E-state index >= 15 is 0 Å². The Balaban J connectivity index is 3.13. The first-order valence-corrected chi connectivity index (χ1v) is 5.79. The van der Waals surface area contributed by atoms with Crippen molar-refractivity contribution >= 4 is 0 Å². The van der Waals surface area contributed by atoms with E-state index in [9.17, 15) is 9.50 Å². The third-order valence-electron chi connectivity index (χ3n) is 3.33. The van der Waals surface area contributed by atoms with Crippen LogP contribution in [0.15, 0.2) is 12.1 Å². The van der Waals surface area contributed by atoms with Crippen molar-refractivity contribution in [1.29, 1.82) is 0 Å². The predicted molar refractivity (Wildman–Crippen MR) is 64.8 cm³/mol. The largest absolute Gasteiger partial charge is 0.388 e. The van der Waals surface area contributed by atoms with Crippen molar-refractivity contribution in [1.82, 2.24) is 0 Å². The average molecular weight is 224 g/mol. The van der Waals surface area contributed by atoms with Gasteiger partial charge in [-0.2, -0.15) is 0 Å². The highest BCUT2D eigenvalue weighted by atomic mass is 19.1. The van der Waals surface area contributed by atoms with Gasteiger partial charge in [0.2, 0.25) is 0 Å². The zero-order valence-corrected chi connectivity index (χ0v) is 10.7. The van der Waals surface area contributed by atoms with E-state index in [1.807, 2.05) is 40.7 Å². The summed E-state index contributed by atoms with van der Waals surface area (Å²) in [5.41, 5.74) is 2.17. The lowest BCUT2D eigenvalue weighted by molar-refractivity contribution is 0.0881. The third-order valence-corrected chi connectivity index (χ3v) is 3.33. The van der Waals surface area contributed by atoms with E-state index in [1.54, 1.807) is 0 Å². The maximum absolute atomic E-state index is 13.8. The number of rotatable bonds is 3. The van der Waals surface area contributed by atoms with Crippen molar-refractivity contribution in [2.45, 2.75) is 40.7 Å². The Hall–Kier alpha value is -0.890. The van der Waals surface area contributed by atoms with Crippen molar-refractivity contribution in [3.05, 3.63) is 34.6 Å². The SMILES string of the molecule is Cc1cc(C)c(C(O)C(C)C(C)C)c(F)c1. The number of hydrogen-bond donors (Lipinski definition) is 1. The second-order valence-electron chi connectivity index (χ2n) is 5.03. The quantitative estimate of drug-likeness (QED) is 0.828. The van der Waals surface area contributed by atoms with E-state index in [2.05, 4.69) is 0 Å². The van der Waals surface area contributed by atoms with Crippen LogP contribution in [-0.2, 0) is 0 Å². The Morgan fingerprint density at radius 1 is 1.12 bits per heavy atom. The molecule has 0 bridgehead atoms. The zero-order valence-electron chi connectivity index (χ0n) is 10.7. The van der Waals surface area contributed by atoms with Gasteiger partial charge in [0.25, 0.3) is 0 Å². The van der Waals surface area contributed by atoms with Gasteiger partial charge in [-0.3, -0.25) is 0 Å². The number of aryl methyl sites for hydroxylation is 2. The van der Waals surface area contributed by atoms with Gasteiger partial charge in [0.1, 0.15) is 5.82 Å². The van der Waals surface area contributed by atoms with Crippen LogP contribution in [0.3, 0.4) is 0 Å². The first-order valence-electron chi connectivity index (χ1n) is 5.79. The summed E-state index contributed by atoms with van der Waals surface area (Å²) < 4.78 is 13.8. The van der Waals surface area contributed by atoms with Gasteiger partial charge in [-0.15, -0.1) is 0 Å². The summed E-state index contributed by atoms with van der Waals surface area (Å²) in [6, 6.07) is 3.40. The molecule has 2 atom stereocenters. The lowest BCUT2D eigenvalue weighted by Crippen LogP contribution is -2.17. The van der Waals surface area contributed by atoms with Crippen molar-refractivity contribution in [3.8, 4) is 0 Å². The van der Waals surface area contributed by atoms with Crippen LogP contribution in [0.1, 0.15) is 43.6 Å². The highest BCUT2D eigenvalue weighted by molar-refractivity contribution is 5.33. The van der Waals surface area contributed by atoms with Gasteiger partial charge in [-0.25, -0.2) is 4.39 Å². The van der Waals surface area contributed by atoms with Gasteiger partial charge in [-0.1, -0.05) is 26.8 Å². The molecule has 0 aliphatic rings. The summed E-state index contributed by atoms with van der Waals surface area (Å²) in [5, 5.41) is 10.2. The van der Waals surface area contributed by atoms with E-state index in [-0.39, 0.29) is 11.7 Å². The first kappa shape index (κ1) is 13.2. The third kappa shape index (κ3) is 2.62. The molecule has 1 rings (SSSR count). The minimum absolute atomic E-state index is 0.0518. The summed E-state index contributed by atoms with van der Waals surface area (Å²) in [4.78, 5) is 0. The molecule has 0 fully saturated rings. The van der Waals surface area contributed by atoms with Gasteiger partial charge in [0.05, 0.1) is 6.10 Å². The molecule has 0 aliphatic carbocycles. The molecule has 1 nitrogen and oxygen atoms in total. The second kappa shape index (κ2) is 4.96. The Morgan fingerprint density at radius 3 is 2.12 bits per heavy atom. The van der Waals surface area contributed by atoms with Gasteiger partial charge in [0, 0.05) is 5.56 Å². The molecule has 1 aromatic carbocycles. The molecule has 90 valence electrons. The summed E-state index contributed by atoms with van der Waals surface area (Å²) >= 11 is 0. The molecule has 0 amide bonds. The smallest absolute Gasteiger partial charge is 0.129 e. The molecule has 0 spiro atoms. The van der Waals surface area contributed by atoms with Crippen molar-refractivity contribution in [2.75, 3.05) is 0 Å². The van der Waals surface area contributed by atoms with Crippen molar-refractivity contribution in [2.24, 2.45) is 11.8 Å². The molecule has 1 N–H and O–H groups in total. The van der Waals surface area contributed by atoms with Gasteiger partial charge in [0.15, 0.2) is 0 Å². The molecular weight excluding hydrogens is 203 g/mol. The van der Waals surface area contributed by atoms with Crippen LogP contribution < -0.4 is 0 Å². The number of halogens is 1. The Labute approximate surface area is 97.3 Å². The van der Waals surface area contributed by atoms with Crippen molar-refractivity contribution in [3.63, 3.8) is 0 Å². The number of aliphatic hydroxyl groups excluding tert-OH is 1. The van der Waals surface area contributed by atoms with Crippen LogP contribution in [0.2, 0.25) is 0 Å². The lowest BCUT2D eigenvalue weighted by Gasteiger charge is -2.24. The highest BCUT2D eigenvalue weighted by Gasteiger charge is 2.23. The molecule has 2 heteroatoms. The standard InChI is InChI=1S/C14H21FO/c1-8(2)11(5)14(16)13-10(4)6-9(3)7-12(13)15/h6-8,11,14,16H,1-5H3. The molecule has 0 saturated carbocycles. The molecule has 2 unspecified atom stereocenters. The van der Waals surface area contributed by atoms with E-state index < -0.39 is 6.10 Å². The van der Waals surface area contributed by atoms with E-state index in [0.717, 1.165) is 11.1 Å². The molecule has 0 radical (unpaired) electrons. The fourth-order valence-electron chi connectivity index (χ4n) is 1.93. The Kier molecular flexibility index (Phi) is 4.09. The molecule has 0 aliphatic heterocycles. The zero-order chi connectivity index (χ0) is 12.5. The highest BCUT2D eigenvalue weighted by Crippen LogP contribution is 2.31. The lowest BCUT2D eigenvalue weighted by atomic mass is 9.86. The first-order chi connectivity index (χ1) is 7.34. The molecular formula is C14H21FO. The number of hydrogen-bond acceptors (Lipinski definition) is 1. The van der Waals surface area contributed by atoms with Crippen LogP contribution in [0, 0.1) is 31.5 Å². The topological polar surface area (TPSA) is 20.2 Å².